The Morgan fingerprint density at radius 3 is 2.55 bits per heavy atom. The van der Waals surface area contributed by atoms with Crippen LogP contribution in [0.2, 0.25) is 18.1 Å². The molecule has 0 unspecified atom stereocenters. The van der Waals surface area contributed by atoms with Crippen molar-refractivity contribution in [3.63, 3.8) is 0 Å². The second kappa shape index (κ2) is 6.72. The molecule has 0 saturated carbocycles. The Kier molecular flexibility index (Phi) is 5.77. The van der Waals surface area contributed by atoms with Crippen LogP contribution in [0.25, 0.3) is 6.08 Å². The predicted molar refractivity (Wildman–Crippen MR) is 87.3 cm³/mol. The van der Waals surface area contributed by atoms with Crippen LogP contribution in [-0.4, -0.2) is 19.9 Å². The average molecular weight is 295 g/mol. The zero-order chi connectivity index (χ0) is 15.4. The van der Waals surface area contributed by atoms with E-state index in [0.717, 1.165) is 25.2 Å². The largest absolute Gasteiger partial charge is 0.442 e. The summed E-state index contributed by atoms with van der Waals surface area (Å²) < 4.78 is 11.6. The molecule has 0 saturated heterocycles. The number of aromatic nitrogens is 1. The number of hydrogen-bond donors (Lipinski definition) is 0. The Hall–Kier alpha value is -0.873. The number of hydrogen-bond acceptors (Lipinski definition) is 3. The van der Waals surface area contributed by atoms with Gasteiger partial charge in [-0.2, -0.15) is 0 Å². The third-order valence-electron chi connectivity index (χ3n) is 3.99. The Balaban J connectivity index is 2.36. The minimum absolute atomic E-state index is 0.285. The van der Waals surface area contributed by atoms with Gasteiger partial charge in [0, 0.05) is 6.61 Å². The summed E-state index contributed by atoms with van der Waals surface area (Å²) in [7, 11) is -1.60. The maximum atomic E-state index is 6.17. The fourth-order valence-corrected chi connectivity index (χ4v) is 2.70. The van der Waals surface area contributed by atoms with Crippen molar-refractivity contribution in [2.45, 2.75) is 65.6 Å². The first-order valence-electron chi connectivity index (χ1n) is 7.35. The first kappa shape index (κ1) is 17.2. The van der Waals surface area contributed by atoms with Crippen LogP contribution < -0.4 is 0 Å². The molecule has 0 bridgehead atoms. The standard InChI is InChI=1S/C16H29NO2Si/c1-13(11-15-17-12-14(2)19-15)9-8-10-18-20(6,7)16(3,4)5/h11-12H,8-10H2,1-7H3/b13-11+. The molecule has 0 N–H and O–H groups in total. The summed E-state index contributed by atoms with van der Waals surface area (Å²) in [5, 5.41) is 0.285. The smallest absolute Gasteiger partial charge is 0.218 e. The minimum atomic E-state index is -1.60. The highest BCUT2D eigenvalue weighted by molar-refractivity contribution is 6.74. The summed E-state index contributed by atoms with van der Waals surface area (Å²) in [5.41, 5.74) is 1.28. The van der Waals surface area contributed by atoms with Gasteiger partial charge in [0.15, 0.2) is 8.32 Å². The van der Waals surface area contributed by atoms with Gasteiger partial charge in [-0.05, 0) is 50.9 Å². The van der Waals surface area contributed by atoms with Gasteiger partial charge in [0.2, 0.25) is 5.89 Å². The van der Waals surface area contributed by atoms with Crippen LogP contribution in [0.3, 0.4) is 0 Å². The van der Waals surface area contributed by atoms with Gasteiger partial charge < -0.3 is 8.84 Å². The van der Waals surface area contributed by atoms with E-state index in [-0.39, 0.29) is 5.04 Å². The summed E-state index contributed by atoms with van der Waals surface area (Å²) in [6.45, 7) is 16.3. The van der Waals surface area contributed by atoms with E-state index < -0.39 is 8.32 Å². The molecule has 0 aliphatic rings. The maximum Gasteiger partial charge on any atom is 0.218 e. The minimum Gasteiger partial charge on any atom is -0.442 e. The maximum absolute atomic E-state index is 6.17. The van der Waals surface area contributed by atoms with Crippen molar-refractivity contribution in [3.8, 4) is 0 Å². The van der Waals surface area contributed by atoms with Crippen molar-refractivity contribution in [1.29, 1.82) is 0 Å². The van der Waals surface area contributed by atoms with Crippen LogP contribution in [0.1, 0.15) is 52.2 Å². The molecule has 0 fully saturated rings. The SMILES string of the molecule is C/C(=C\c1ncc(C)o1)CCCO[Si](C)(C)C(C)(C)C. The highest BCUT2D eigenvalue weighted by atomic mass is 28.4. The zero-order valence-electron chi connectivity index (χ0n) is 14.0. The molecule has 0 aliphatic heterocycles. The van der Waals surface area contributed by atoms with Gasteiger partial charge in [0.1, 0.15) is 5.76 Å². The molecule has 1 rings (SSSR count). The lowest BCUT2D eigenvalue weighted by Gasteiger charge is -2.36. The lowest BCUT2D eigenvalue weighted by atomic mass is 10.1. The van der Waals surface area contributed by atoms with Crippen LogP contribution >= 0.6 is 0 Å². The Bertz CT molecular complexity index is 455. The monoisotopic (exact) mass is 295 g/mol. The molecule has 0 radical (unpaired) electrons. The van der Waals surface area contributed by atoms with Gasteiger partial charge in [-0.3, -0.25) is 0 Å². The van der Waals surface area contributed by atoms with Crippen molar-refractivity contribution in [1.82, 2.24) is 4.98 Å². The van der Waals surface area contributed by atoms with E-state index in [0.29, 0.717) is 5.89 Å². The first-order chi connectivity index (χ1) is 9.12. The molecule has 0 atom stereocenters. The van der Waals surface area contributed by atoms with Gasteiger partial charge in [-0.1, -0.05) is 26.3 Å². The Morgan fingerprint density at radius 1 is 1.40 bits per heavy atom. The Labute approximate surface area is 124 Å². The molecule has 1 aromatic rings. The van der Waals surface area contributed by atoms with Crippen molar-refractivity contribution >= 4 is 14.4 Å². The van der Waals surface area contributed by atoms with Crippen molar-refractivity contribution in [3.05, 3.63) is 23.4 Å². The normalized spacial score (nSPS) is 13.8. The van der Waals surface area contributed by atoms with Crippen molar-refractivity contribution < 1.29 is 8.84 Å². The second-order valence-electron chi connectivity index (χ2n) is 7.01. The van der Waals surface area contributed by atoms with E-state index in [1.165, 1.54) is 5.57 Å². The van der Waals surface area contributed by atoms with Gasteiger partial charge >= 0.3 is 0 Å². The van der Waals surface area contributed by atoms with E-state index in [1.54, 1.807) is 6.20 Å². The molecule has 0 amide bonds. The molecular weight excluding hydrogens is 266 g/mol. The molecule has 1 aromatic heterocycles. The van der Waals surface area contributed by atoms with E-state index in [4.69, 9.17) is 8.84 Å². The van der Waals surface area contributed by atoms with Gasteiger partial charge in [0.25, 0.3) is 0 Å². The van der Waals surface area contributed by atoms with Crippen LogP contribution in [-0.2, 0) is 4.43 Å². The molecule has 3 nitrogen and oxygen atoms in total. The molecule has 0 aliphatic carbocycles. The number of aryl methyl sites for hydroxylation is 1. The predicted octanol–water partition coefficient (Wildman–Crippen LogP) is 5.19. The number of rotatable bonds is 6. The fraction of sp³-hybridized carbons (Fsp3) is 0.688. The third-order valence-corrected chi connectivity index (χ3v) is 8.53. The molecule has 0 aromatic carbocycles. The summed E-state index contributed by atoms with van der Waals surface area (Å²) in [6, 6.07) is 0. The number of allylic oxidation sites excluding steroid dienone is 1. The number of oxazole rings is 1. The third kappa shape index (κ3) is 5.25. The Morgan fingerprint density at radius 2 is 2.05 bits per heavy atom. The first-order valence-corrected chi connectivity index (χ1v) is 10.3. The summed E-state index contributed by atoms with van der Waals surface area (Å²) in [4.78, 5) is 4.19. The zero-order valence-corrected chi connectivity index (χ0v) is 15.0. The van der Waals surface area contributed by atoms with E-state index in [9.17, 15) is 0 Å². The summed E-state index contributed by atoms with van der Waals surface area (Å²) in [6.07, 6.45) is 5.84. The molecule has 114 valence electrons. The van der Waals surface area contributed by atoms with E-state index in [1.807, 2.05) is 13.0 Å². The molecule has 4 heteroatoms. The quantitative estimate of drug-likeness (QED) is 0.535. The fourth-order valence-electron chi connectivity index (χ4n) is 1.62. The van der Waals surface area contributed by atoms with Crippen LogP contribution in [0.5, 0.6) is 0 Å². The number of nitrogens with zero attached hydrogens (tertiary/aromatic N) is 1. The van der Waals surface area contributed by atoms with Gasteiger partial charge in [-0.25, -0.2) is 4.98 Å². The molecule has 1 heterocycles. The topological polar surface area (TPSA) is 35.3 Å². The average Bonchev–Trinajstić information content (AvgIpc) is 2.68. The van der Waals surface area contributed by atoms with Crippen LogP contribution in [0.15, 0.2) is 16.2 Å². The lowest BCUT2D eigenvalue weighted by Crippen LogP contribution is -2.40. The van der Waals surface area contributed by atoms with E-state index in [2.05, 4.69) is 45.8 Å². The van der Waals surface area contributed by atoms with Crippen molar-refractivity contribution in [2.75, 3.05) is 6.61 Å². The molecule has 0 spiro atoms. The second-order valence-corrected chi connectivity index (χ2v) is 11.8. The van der Waals surface area contributed by atoms with Crippen LogP contribution in [0, 0.1) is 6.92 Å². The highest BCUT2D eigenvalue weighted by Gasteiger charge is 2.36. The van der Waals surface area contributed by atoms with Gasteiger partial charge in [0.05, 0.1) is 6.20 Å². The van der Waals surface area contributed by atoms with Crippen LogP contribution in [0.4, 0.5) is 0 Å². The summed E-state index contributed by atoms with van der Waals surface area (Å²) in [5.74, 6) is 1.55. The molecular formula is C16H29NO2Si. The van der Waals surface area contributed by atoms with E-state index >= 15 is 0 Å². The molecule has 20 heavy (non-hydrogen) atoms. The lowest BCUT2D eigenvalue weighted by molar-refractivity contribution is 0.282. The van der Waals surface area contributed by atoms with Gasteiger partial charge in [-0.15, -0.1) is 0 Å². The summed E-state index contributed by atoms with van der Waals surface area (Å²) >= 11 is 0. The van der Waals surface area contributed by atoms with Crippen molar-refractivity contribution in [2.24, 2.45) is 0 Å². The highest BCUT2D eigenvalue weighted by Crippen LogP contribution is 2.36.